The molecule has 2 aliphatic heterocycles. The second-order valence-electron chi connectivity index (χ2n) is 7.15. The number of aliphatic hydroxyl groups is 1. The average Bonchev–Trinajstić information content (AvgIpc) is 2.82. The van der Waals surface area contributed by atoms with Gasteiger partial charge < -0.3 is 15.7 Å². The molecule has 1 unspecified atom stereocenters. The van der Waals surface area contributed by atoms with E-state index < -0.39 is 23.0 Å². The largest absolute Gasteiger partial charge is 0.373 e. The Morgan fingerprint density at radius 3 is 2.52 bits per heavy atom. The third kappa shape index (κ3) is 2.33. The fourth-order valence-electron chi connectivity index (χ4n) is 4.05. The van der Waals surface area contributed by atoms with Crippen molar-refractivity contribution >= 4 is 11.8 Å². The summed E-state index contributed by atoms with van der Waals surface area (Å²) in [6, 6.07) is 10.1. The molecule has 2 amide bonds. The number of hydrogen-bond donors (Lipinski definition) is 2. The summed E-state index contributed by atoms with van der Waals surface area (Å²) in [4.78, 5) is 27.4. The molecule has 2 fully saturated rings. The first-order chi connectivity index (χ1) is 10.8. The highest BCUT2D eigenvalue weighted by molar-refractivity contribution is 5.90. The maximum Gasteiger partial charge on any atom is 0.237 e. The molecule has 3 atom stereocenters. The van der Waals surface area contributed by atoms with E-state index >= 15 is 0 Å². The number of amides is 2. The van der Waals surface area contributed by atoms with E-state index in [4.69, 9.17) is 5.73 Å². The summed E-state index contributed by atoms with van der Waals surface area (Å²) in [7, 11) is 0. The zero-order valence-electron chi connectivity index (χ0n) is 13.5. The van der Waals surface area contributed by atoms with Gasteiger partial charge in [0, 0.05) is 25.0 Å². The third-order valence-electron chi connectivity index (χ3n) is 5.53. The maximum atomic E-state index is 12.8. The molecule has 0 radical (unpaired) electrons. The molecule has 3 rings (SSSR count). The minimum atomic E-state index is -0.992. The Bertz CT molecular complexity index is 635. The molecule has 0 aromatic heterocycles. The number of benzene rings is 1. The van der Waals surface area contributed by atoms with Crippen LogP contribution in [0.3, 0.4) is 0 Å². The van der Waals surface area contributed by atoms with Crippen LogP contribution in [0.5, 0.6) is 0 Å². The topological polar surface area (TPSA) is 86.9 Å². The highest BCUT2D eigenvalue weighted by Crippen LogP contribution is 2.55. The molecule has 2 aliphatic rings. The number of fused-ring (bicyclic) bond motifs is 1. The Labute approximate surface area is 135 Å². The van der Waals surface area contributed by atoms with E-state index in [1.807, 2.05) is 32.0 Å². The quantitative estimate of drug-likeness (QED) is 0.828. The molecule has 6 nitrogen and oxygen atoms in total. The van der Waals surface area contributed by atoms with E-state index in [2.05, 4.69) is 17.0 Å². The number of likely N-dealkylation sites (tertiary alicyclic amines) is 2. The highest BCUT2D eigenvalue weighted by Gasteiger charge is 2.67. The molecule has 0 aliphatic carbocycles. The molecule has 1 aromatic rings. The van der Waals surface area contributed by atoms with Gasteiger partial charge in [-0.2, -0.15) is 0 Å². The number of carbonyl (C=O) groups excluding carboxylic acids is 2. The van der Waals surface area contributed by atoms with Crippen LogP contribution in [0.15, 0.2) is 30.3 Å². The number of aliphatic hydroxyl groups excluding tert-OH is 1. The van der Waals surface area contributed by atoms with Gasteiger partial charge in [-0.1, -0.05) is 37.3 Å². The summed E-state index contributed by atoms with van der Waals surface area (Å²) >= 11 is 0. The van der Waals surface area contributed by atoms with Crippen molar-refractivity contribution in [1.29, 1.82) is 0 Å². The predicted molar refractivity (Wildman–Crippen MR) is 84.8 cm³/mol. The summed E-state index contributed by atoms with van der Waals surface area (Å²) in [5.74, 6) is -0.799. The molecule has 0 bridgehead atoms. The number of nitrogens with two attached hydrogens (primary N) is 1. The summed E-state index contributed by atoms with van der Waals surface area (Å²) in [6.07, 6.45) is -0.992. The normalized spacial score (nSPS) is 34.0. The Morgan fingerprint density at radius 2 is 1.96 bits per heavy atom. The van der Waals surface area contributed by atoms with Gasteiger partial charge in [0.1, 0.15) is 12.8 Å². The average molecular weight is 317 g/mol. The van der Waals surface area contributed by atoms with E-state index in [-0.39, 0.29) is 12.5 Å². The van der Waals surface area contributed by atoms with Crippen LogP contribution < -0.4 is 5.73 Å². The van der Waals surface area contributed by atoms with Gasteiger partial charge >= 0.3 is 0 Å². The monoisotopic (exact) mass is 317 g/mol. The zero-order valence-corrected chi connectivity index (χ0v) is 13.5. The van der Waals surface area contributed by atoms with Gasteiger partial charge in [-0.05, 0) is 12.5 Å². The van der Waals surface area contributed by atoms with Crippen LogP contribution in [0.2, 0.25) is 0 Å². The molecular weight excluding hydrogens is 294 g/mol. The smallest absolute Gasteiger partial charge is 0.237 e. The second kappa shape index (κ2) is 5.32. The number of primary amides is 1. The van der Waals surface area contributed by atoms with Crippen molar-refractivity contribution in [2.75, 3.05) is 19.6 Å². The van der Waals surface area contributed by atoms with Gasteiger partial charge in [-0.15, -0.1) is 0 Å². The SMILES string of the molecule is C[C@@]12CN(Cc3ccccc3)C[C@]1(C)C(=O)N(CC(N)=O)C2O. The highest BCUT2D eigenvalue weighted by atomic mass is 16.3. The lowest BCUT2D eigenvalue weighted by molar-refractivity contribution is -0.143. The molecule has 2 saturated heterocycles. The maximum absolute atomic E-state index is 12.8. The molecule has 23 heavy (non-hydrogen) atoms. The van der Waals surface area contributed by atoms with Crippen LogP contribution in [0.1, 0.15) is 19.4 Å². The van der Waals surface area contributed by atoms with Crippen molar-refractivity contribution in [3.8, 4) is 0 Å². The molecular formula is C17H23N3O3. The van der Waals surface area contributed by atoms with Gasteiger partial charge in [0.15, 0.2) is 0 Å². The summed E-state index contributed by atoms with van der Waals surface area (Å²) in [5.41, 5.74) is 5.06. The van der Waals surface area contributed by atoms with Crippen molar-refractivity contribution in [1.82, 2.24) is 9.80 Å². The Hall–Kier alpha value is -1.92. The first kappa shape index (κ1) is 16.0. The lowest BCUT2D eigenvalue weighted by Crippen LogP contribution is -2.46. The lowest BCUT2D eigenvalue weighted by atomic mass is 9.69. The molecule has 1 aromatic carbocycles. The third-order valence-corrected chi connectivity index (χ3v) is 5.53. The van der Waals surface area contributed by atoms with E-state index in [1.165, 1.54) is 10.5 Å². The molecule has 2 heterocycles. The number of nitrogens with zero attached hydrogens (tertiary/aromatic N) is 2. The van der Waals surface area contributed by atoms with Crippen molar-refractivity contribution in [3.63, 3.8) is 0 Å². The van der Waals surface area contributed by atoms with Crippen LogP contribution in [-0.2, 0) is 16.1 Å². The van der Waals surface area contributed by atoms with Gasteiger partial charge in [0.2, 0.25) is 11.8 Å². The van der Waals surface area contributed by atoms with Gasteiger partial charge in [-0.3, -0.25) is 14.5 Å². The van der Waals surface area contributed by atoms with Crippen molar-refractivity contribution in [3.05, 3.63) is 35.9 Å². The molecule has 6 heteroatoms. The predicted octanol–water partition coefficient (Wildman–Crippen LogP) is 0.161. The van der Waals surface area contributed by atoms with Crippen LogP contribution >= 0.6 is 0 Å². The number of rotatable bonds is 4. The van der Waals surface area contributed by atoms with Gasteiger partial charge in [0.05, 0.1) is 5.41 Å². The molecule has 0 saturated carbocycles. The van der Waals surface area contributed by atoms with Crippen LogP contribution in [0.25, 0.3) is 0 Å². The Balaban J connectivity index is 1.82. The summed E-state index contributed by atoms with van der Waals surface area (Å²) in [5, 5.41) is 10.7. The zero-order chi connectivity index (χ0) is 16.8. The Morgan fingerprint density at radius 1 is 1.30 bits per heavy atom. The Kier molecular flexibility index (Phi) is 3.69. The number of carbonyl (C=O) groups is 2. The molecule has 0 spiro atoms. The van der Waals surface area contributed by atoms with E-state index in [1.54, 1.807) is 0 Å². The van der Waals surface area contributed by atoms with Crippen LogP contribution in [0.4, 0.5) is 0 Å². The van der Waals surface area contributed by atoms with Crippen LogP contribution in [0, 0.1) is 10.8 Å². The van der Waals surface area contributed by atoms with E-state index in [0.717, 1.165) is 6.54 Å². The van der Waals surface area contributed by atoms with Crippen molar-refractivity contribution in [2.45, 2.75) is 26.6 Å². The minimum absolute atomic E-state index is 0.193. The lowest BCUT2D eigenvalue weighted by Gasteiger charge is -2.32. The van der Waals surface area contributed by atoms with Gasteiger partial charge in [0.25, 0.3) is 0 Å². The first-order valence-corrected chi connectivity index (χ1v) is 7.82. The van der Waals surface area contributed by atoms with E-state index in [0.29, 0.717) is 13.1 Å². The molecule has 3 N–H and O–H groups in total. The minimum Gasteiger partial charge on any atom is -0.373 e. The molecule has 124 valence electrons. The fourth-order valence-corrected chi connectivity index (χ4v) is 4.05. The second-order valence-corrected chi connectivity index (χ2v) is 7.15. The summed E-state index contributed by atoms with van der Waals surface area (Å²) in [6.45, 7) is 5.46. The first-order valence-electron chi connectivity index (χ1n) is 7.82. The fraction of sp³-hybridized carbons (Fsp3) is 0.529. The van der Waals surface area contributed by atoms with E-state index in [9.17, 15) is 14.7 Å². The van der Waals surface area contributed by atoms with Crippen molar-refractivity contribution < 1.29 is 14.7 Å². The summed E-state index contributed by atoms with van der Waals surface area (Å²) < 4.78 is 0. The van der Waals surface area contributed by atoms with Gasteiger partial charge in [-0.25, -0.2) is 0 Å². The van der Waals surface area contributed by atoms with Crippen molar-refractivity contribution in [2.24, 2.45) is 16.6 Å². The number of hydrogen-bond acceptors (Lipinski definition) is 4. The standard InChI is InChI=1S/C17H23N3O3/c1-16-10-19(8-12-6-4-3-5-7-12)11-17(16,2)15(23)20(14(16)22)9-13(18)21/h3-7,14,22H,8-11H2,1-2H3,(H2,18,21)/t14?,16-,17+/m0/s1. The van der Waals surface area contributed by atoms with Crippen LogP contribution in [-0.4, -0.2) is 52.6 Å².